The van der Waals surface area contributed by atoms with Gasteiger partial charge in [-0.05, 0) is 24.6 Å². The lowest BCUT2D eigenvalue weighted by molar-refractivity contribution is 0.134. The first kappa shape index (κ1) is 13.5. The van der Waals surface area contributed by atoms with Crippen LogP contribution in [0.15, 0.2) is 53.3 Å². The quantitative estimate of drug-likeness (QED) is 0.798. The Hall–Kier alpha value is -2.46. The molecule has 1 aromatic heterocycles. The van der Waals surface area contributed by atoms with E-state index < -0.39 is 0 Å². The third-order valence-electron chi connectivity index (χ3n) is 3.31. The van der Waals surface area contributed by atoms with Gasteiger partial charge in [-0.1, -0.05) is 36.4 Å². The minimum absolute atomic E-state index is 0.117. The number of para-hydroxylation sites is 1. The van der Waals surface area contributed by atoms with Crippen LogP contribution in [0.2, 0.25) is 0 Å². The third-order valence-corrected chi connectivity index (χ3v) is 3.31. The van der Waals surface area contributed by atoms with Crippen molar-refractivity contribution in [1.82, 2.24) is 9.97 Å². The van der Waals surface area contributed by atoms with Crippen molar-refractivity contribution in [3.8, 4) is 11.4 Å². The highest BCUT2D eigenvalue weighted by atomic mass is 16.5. The maximum atomic E-state index is 12.1. The number of fused-ring (bicyclic) bond motifs is 1. The highest BCUT2D eigenvalue weighted by molar-refractivity contribution is 5.79. The lowest BCUT2D eigenvalue weighted by atomic mass is 10.1. The average Bonchev–Trinajstić information content (AvgIpc) is 2.53. The van der Waals surface area contributed by atoms with E-state index in [0.717, 1.165) is 11.1 Å². The number of hydrogen-bond acceptors (Lipinski definition) is 3. The molecular weight excluding hydrogens is 264 g/mol. The Labute approximate surface area is 122 Å². The van der Waals surface area contributed by atoms with E-state index in [0.29, 0.717) is 29.9 Å². The molecule has 4 heteroatoms. The topological polar surface area (TPSA) is 55.0 Å². The van der Waals surface area contributed by atoms with Gasteiger partial charge in [-0.25, -0.2) is 4.98 Å². The molecule has 0 aliphatic carbocycles. The maximum absolute atomic E-state index is 12.1. The average molecular weight is 280 g/mol. The number of aromatic nitrogens is 2. The largest absolute Gasteiger partial charge is 0.377 e. The van der Waals surface area contributed by atoms with E-state index in [2.05, 4.69) is 9.97 Å². The van der Waals surface area contributed by atoms with Crippen LogP contribution in [-0.4, -0.2) is 16.6 Å². The molecule has 0 aliphatic heterocycles. The van der Waals surface area contributed by atoms with Gasteiger partial charge in [-0.15, -0.1) is 0 Å². The number of aromatic amines is 1. The highest BCUT2D eigenvalue weighted by Crippen LogP contribution is 2.17. The van der Waals surface area contributed by atoms with E-state index >= 15 is 0 Å². The smallest absolute Gasteiger partial charge is 0.259 e. The molecule has 0 bridgehead atoms. The van der Waals surface area contributed by atoms with Crippen molar-refractivity contribution in [2.45, 2.75) is 13.5 Å². The summed E-state index contributed by atoms with van der Waals surface area (Å²) in [5.74, 6) is 0.585. The molecule has 0 amide bonds. The molecule has 0 atom stereocenters. The molecule has 3 aromatic rings. The van der Waals surface area contributed by atoms with Crippen molar-refractivity contribution >= 4 is 10.9 Å². The van der Waals surface area contributed by atoms with Crippen LogP contribution in [0.4, 0.5) is 0 Å². The predicted molar refractivity (Wildman–Crippen MR) is 83.1 cm³/mol. The minimum atomic E-state index is -0.117. The van der Waals surface area contributed by atoms with E-state index in [1.54, 1.807) is 6.07 Å². The summed E-state index contributed by atoms with van der Waals surface area (Å²) in [4.78, 5) is 19.4. The standard InChI is InChI=1S/C17H16N2O2/c1-2-21-11-12-7-9-13(10-8-12)16-18-15-6-4-3-5-14(15)17(20)19-16/h3-10H,2,11H2,1H3,(H,18,19,20). The number of H-pyrrole nitrogens is 1. The van der Waals surface area contributed by atoms with Gasteiger partial charge in [0.15, 0.2) is 0 Å². The van der Waals surface area contributed by atoms with Crippen LogP contribution >= 0.6 is 0 Å². The van der Waals surface area contributed by atoms with Crippen molar-refractivity contribution < 1.29 is 4.74 Å². The van der Waals surface area contributed by atoms with Gasteiger partial charge in [-0.3, -0.25) is 4.79 Å². The second-order valence-corrected chi connectivity index (χ2v) is 4.77. The molecule has 0 saturated heterocycles. The Kier molecular flexibility index (Phi) is 3.79. The molecule has 0 unspecified atom stereocenters. The summed E-state index contributed by atoms with van der Waals surface area (Å²) in [7, 11) is 0. The lowest BCUT2D eigenvalue weighted by Gasteiger charge is -2.05. The molecular formula is C17H16N2O2. The monoisotopic (exact) mass is 280 g/mol. The van der Waals surface area contributed by atoms with Crippen molar-refractivity contribution in [1.29, 1.82) is 0 Å². The molecule has 1 N–H and O–H groups in total. The summed E-state index contributed by atoms with van der Waals surface area (Å²) in [6.45, 7) is 3.26. The second-order valence-electron chi connectivity index (χ2n) is 4.77. The molecule has 0 aliphatic rings. The predicted octanol–water partition coefficient (Wildman–Crippen LogP) is 3.13. The second kappa shape index (κ2) is 5.89. The maximum Gasteiger partial charge on any atom is 0.259 e. The van der Waals surface area contributed by atoms with Crippen LogP contribution < -0.4 is 5.56 Å². The Morgan fingerprint density at radius 2 is 1.86 bits per heavy atom. The number of hydrogen-bond donors (Lipinski definition) is 1. The van der Waals surface area contributed by atoms with Gasteiger partial charge in [0, 0.05) is 12.2 Å². The molecule has 0 fully saturated rings. The van der Waals surface area contributed by atoms with E-state index in [4.69, 9.17) is 4.74 Å². The number of rotatable bonds is 4. The Morgan fingerprint density at radius 3 is 2.62 bits per heavy atom. The van der Waals surface area contributed by atoms with Gasteiger partial charge in [-0.2, -0.15) is 0 Å². The zero-order valence-corrected chi connectivity index (χ0v) is 11.8. The SMILES string of the molecule is CCOCc1ccc(-c2nc3ccccc3c(=O)[nH]2)cc1. The molecule has 106 valence electrons. The Morgan fingerprint density at radius 1 is 1.10 bits per heavy atom. The van der Waals surface area contributed by atoms with Crippen LogP contribution in [0.3, 0.4) is 0 Å². The molecule has 0 saturated carbocycles. The van der Waals surface area contributed by atoms with E-state index in [-0.39, 0.29) is 5.56 Å². The molecule has 1 heterocycles. The molecule has 4 nitrogen and oxygen atoms in total. The van der Waals surface area contributed by atoms with Crippen LogP contribution in [0.1, 0.15) is 12.5 Å². The van der Waals surface area contributed by atoms with Gasteiger partial charge in [0.1, 0.15) is 5.82 Å². The lowest BCUT2D eigenvalue weighted by Crippen LogP contribution is -2.09. The third kappa shape index (κ3) is 2.85. The van der Waals surface area contributed by atoms with E-state index in [9.17, 15) is 4.79 Å². The fourth-order valence-electron chi connectivity index (χ4n) is 2.20. The summed E-state index contributed by atoms with van der Waals surface area (Å²) in [6, 6.07) is 15.2. The van der Waals surface area contributed by atoms with Crippen molar-refractivity contribution in [2.75, 3.05) is 6.61 Å². The summed E-state index contributed by atoms with van der Waals surface area (Å²) in [5.41, 5.74) is 2.57. The Bertz CT molecular complexity index is 807. The zero-order valence-electron chi connectivity index (χ0n) is 11.8. The summed E-state index contributed by atoms with van der Waals surface area (Å²) < 4.78 is 5.37. The number of nitrogens with one attached hydrogen (secondary N) is 1. The molecule has 0 radical (unpaired) electrons. The number of benzene rings is 2. The minimum Gasteiger partial charge on any atom is -0.377 e. The van der Waals surface area contributed by atoms with Gasteiger partial charge < -0.3 is 9.72 Å². The van der Waals surface area contributed by atoms with Crippen molar-refractivity contribution in [3.05, 3.63) is 64.4 Å². The Balaban J connectivity index is 1.98. The fraction of sp³-hybridized carbons (Fsp3) is 0.176. The fourth-order valence-corrected chi connectivity index (χ4v) is 2.20. The van der Waals surface area contributed by atoms with Crippen LogP contribution in [-0.2, 0) is 11.3 Å². The van der Waals surface area contributed by atoms with Crippen molar-refractivity contribution in [3.63, 3.8) is 0 Å². The molecule has 21 heavy (non-hydrogen) atoms. The number of nitrogens with zero attached hydrogens (tertiary/aromatic N) is 1. The van der Waals surface area contributed by atoms with Gasteiger partial charge in [0.25, 0.3) is 5.56 Å². The highest BCUT2D eigenvalue weighted by Gasteiger charge is 2.05. The summed E-state index contributed by atoms with van der Waals surface area (Å²) in [6.07, 6.45) is 0. The molecule has 3 rings (SSSR count). The van der Waals surface area contributed by atoms with Gasteiger partial charge in [0.2, 0.25) is 0 Å². The zero-order chi connectivity index (χ0) is 14.7. The summed E-state index contributed by atoms with van der Waals surface area (Å²) in [5, 5.41) is 0.606. The van der Waals surface area contributed by atoms with E-state index in [1.807, 2.05) is 49.4 Å². The molecule has 0 spiro atoms. The first-order valence-corrected chi connectivity index (χ1v) is 6.94. The van der Waals surface area contributed by atoms with Crippen molar-refractivity contribution in [2.24, 2.45) is 0 Å². The van der Waals surface area contributed by atoms with Crippen LogP contribution in [0.25, 0.3) is 22.3 Å². The van der Waals surface area contributed by atoms with E-state index in [1.165, 1.54) is 0 Å². The first-order chi connectivity index (χ1) is 10.3. The molecule has 2 aromatic carbocycles. The van der Waals surface area contributed by atoms with Gasteiger partial charge >= 0.3 is 0 Å². The summed E-state index contributed by atoms with van der Waals surface area (Å²) >= 11 is 0. The normalized spacial score (nSPS) is 10.9. The first-order valence-electron chi connectivity index (χ1n) is 6.94. The van der Waals surface area contributed by atoms with Crippen LogP contribution in [0, 0.1) is 0 Å². The van der Waals surface area contributed by atoms with Gasteiger partial charge in [0.05, 0.1) is 17.5 Å². The number of ether oxygens (including phenoxy) is 1. The van der Waals surface area contributed by atoms with Crippen LogP contribution in [0.5, 0.6) is 0 Å².